The first-order chi connectivity index (χ1) is 13.3. The summed E-state index contributed by atoms with van der Waals surface area (Å²) in [7, 11) is 2.14. The van der Waals surface area contributed by atoms with Crippen molar-refractivity contribution in [2.24, 2.45) is 15.9 Å². The maximum absolute atomic E-state index is 6.41. The van der Waals surface area contributed by atoms with Gasteiger partial charge in [0, 0.05) is 66.7 Å². The van der Waals surface area contributed by atoms with Crippen LogP contribution in [0.4, 0.5) is 5.69 Å². The van der Waals surface area contributed by atoms with Crippen molar-refractivity contribution in [2.75, 3.05) is 50.4 Å². The van der Waals surface area contributed by atoms with Gasteiger partial charge in [0.05, 0.1) is 5.54 Å². The second-order valence-corrected chi connectivity index (χ2v) is 8.37. The van der Waals surface area contributed by atoms with Crippen molar-refractivity contribution >= 4 is 47.5 Å². The molecule has 0 saturated carbocycles. The molecule has 1 heterocycles. The number of piperazine rings is 1. The van der Waals surface area contributed by atoms with E-state index in [0.29, 0.717) is 23.0 Å². The lowest BCUT2D eigenvalue weighted by Gasteiger charge is -2.34. The van der Waals surface area contributed by atoms with E-state index in [1.54, 1.807) is 6.21 Å². The summed E-state index contributed by atoms with van der Waals surface area (Å²) < 4.78 is 0. The SMILES string of the molecule is C=C(NC(C)(C)/C(C=NCCS)=N/N)c1cc(Cl)cc(N2CCN(C)CC2)c1. The third-order valence-corrected chi connectivity index (χ3v) is 5.20. The second-order valence-electron chi connectivity index (χ2n) is 7.49. The minimum atomic E-state index is -0.539. The van der Waals surface area contributed by atoms with E-state index in [2.05, 4.69) is 57.5 Å². The molecule has 8 heteroatoms. The smallest absolute Gasteiger partial charge is 0.103 e. The molecule has 1 aliphatic rings. The zero-order chi connectivity index (χ0) is 20.7. The molecule has 6 nitrogen and oxygen atoms in total. The van der Waals surface area contributed by atoms with Gasteiger partial charge in [-0.1, -0.05) is 18.2 Å². The van der Waals surface area contributed by atoms with Crippen LogP contribution in [0, 0.1) is 0 Å². The van der Waals surface area contributed by atoms with Crippen molar-refractivity contribution in [1.82, 2.24) is 10.2 Å². The van der Waals surface area contributed by atoms with Gasteiger partial charge in [0.15, 0.2) is 0 Å². The first kappa shape index (κ1) is 22.6. The normalized spacial score (nSPS) is 16.6. The molecule has 154 valence electrons. The molecular formula is C20H31ClN6S. The zero-order valence-corrected chi connectivity index (χ0v) is 18.6. The number of aliphatic imine (C=N–C) groups is 1. The van der Waals surface area contributed by atoms with Crippen LogP contribution in [0.15, 0.2) is 34.9 Å². The summed E-state index contributed by atoms with van der Waals surface area (Å²) in [5.41, 5.74) is 2.91. The first-order valence-corrected chi connectivity index (χ1v) is 10.4. The van der Waals surface area contributed by atoms with Crippen molar-refractivity contribution in [3.63, 3.8) is 0 Å². The number of nitrogens with zero attached hydrogens (tertiary/aromatic N) is 4. The highest BCUT2D eigenvalue weighted by Gasteiger charge is 2.25. The lowest BCUT2D eigenvalue weighted by molar-refractivity contribution is 0.313. The van der Waals surface area contributed by atoms with E-state index in [1.807, 2.05) is 26.0 Å². The first-order valence-electron chi connectivity index (χ1n) is 9.37. The number of halogens is 1. The van der Waals surface area contributed by atoms with E-state index in [-0.39, 0.29) is 0 Å². The molecular weight excluding hydrogens is 392 g/mol. The molecule has 1 aliphatic heterocycles. The Morgan fingerprint density at radius 2 is 2.00 bits per heavy atom. The number of anilines is 1. The summed E-state index contributed by atoms with van der Waals surface area (Å²) >= 11 is 10.6. The number of benzene rings is 1. The van der Waals surface area contributed by atoms with Crippen molar-refractivity contribution in [3.05, 3.63) is 35.4 Å². The fraction of sp³-hybridized carbons (Fsp3) is 0.500. The highest BCUT2D eigenvalue weighted by molar-refractivity contribution is 7.80. The number of hydrazone groups is 1. The third-order valence-electron chi connectivity index (χ3n) is 4.78. The average molecular weight is 423 g/mol. The van der Waals surface area contributed by atoms with Gasteiger partial charge in [0.2, 0.25) is 0 Å². The molecule has 0 bridgehead atoms. The monoisotopic (exact) mass is 422 g/mol. The maximum atomic E-state index is 6.41. The van der Waals surface area contributed by atoms with E-state index in [1.165, 1.54) is 0 Å². The van der Waals surface area contributed by atoms with Crippen LogP contribution in [-0.2, 0) is 0 Å². The van der Waals surface area contributed by atoms with Gasteiger partial charge in [-0.2, -0.15) is 17.7 Å². The number of likely N-dealkylation sites (N-methyl/N-ethyl adjacent to an activating group) is 1. The third kappa shape index (κ3) is 6.15. The summed E-state index contributed by atoms with van der Waals surface area (Å²) in [5, 5.41) is 8.00. The van der Waals surface area contributed by atoms with Crippen molar-refractivity contribution in [2.45, 2.75) is 19.4 Å². The van der Waals surface area contributed by atoms with Gasteiger partial charge >= 0.3 is 0 Å². The summed E-state index contributed by atoms with van der Waals surface area (Å²) in [6.45, 7) is 12.8. The summed E-state index contributed by atoms with van der Waals surface area (Å²) in [5.74, 6) is 6.26. The van der Waals surface area contributed by atoms with Crippen LogP contribution in [-0.4, -0.2) is 67.9 Å². The number of thiol groups is 1. The van der Waals surface area contributed by atoms with Crippen LogP contribution in [0.1, 0.15) is 19.4 Å². The topological polar surface area (TPSA) is 69.2 Å². The van der Waals surface area contributed by atoms with Gasteiger partial charge in [-0.05, 0) is 39.1 Å². The van der Waals surface area contributed by atoms with E-state index < -0.39 is 5.54 Å². The maximum Gasteiger partial charge on any atom is 0.103 e. The van der Waals surface area contributed by atoms with Gasteiger partial charge in [0.25, 0.3) is 0 Å². The molecule has 1 fully saturated rings. The molecule has 1 saturated heterocycles. The Hall–Kier alpha value is -1.70. The van der Waals surface area contributed by atoms with E-state index >= 15 is 0 Å². The quantitative estimate of drug-likeness (QED) is 0.261. The minimum Gasteiger partial charge on any atom is -0.374 e. The lowest BCUT2D eigenvalue weighted by atomic mass is 9.97. The predicted octanol–water partition coefficient (Wildman–Crippen LogP) is 2.75. The molecule has 28 heavy (non-hydrogen) atoms. The Kier molecular flexibility index (Phi) is 8.22. The molecule has 0 amide bonds. The van der Waals surface area contributed by atoms with Crippen LogP contribution in [0.3, 0.4) is 0 Å². The Morgan fingerprint density at radius 3 is 2.61 bits per heavy atom. The Balaban J connectivity index is 2.17. The number of hydrogen-bond donors (Lipinski definition) is 3. The number of nitrogens with two attached hydrogens (primary N) is 1. The largest absolute Gasteiger partial charge is 0.374 e. The number of nitrogens with one attached hydrogen (secondary N) is 1. The molecule has 0 spiro atoms. The summed E-state index contributed by atoms with van der Waals surface area (Å²) in [6, 6.07) is 6.04. The van der Waals surface area contributed by atoms with Gasteiger partial charge in [-0.3, -0.25) is 4.99 Å². The average Bonchev–Trinajstić information content (AvgIpc) is 2.64. The molecule has 1 aromatic carbocycles. The molecule has 0 radical (unpaired) electrons. The van der Waals surface area contributed by atoms with Gasteiger partial charge < -0.3 is 21.0 Å². The molecule has 0 atom stereocenters. The van der Waals surface area contributed by atoms with Gasteiger partial charge in [-0.25, -0.2) is 0 Å². The minimum absolute atomic E-state index is 0.539. The molecule has 0 aliphatic carbocycles. The Bertz CT molecular complexity index is 738. The highest BCUT2D eigenvalue weighted by Crippen LogP contribution is 2.27. The zero-order valence-electron chi connectivity index (χ0n) is 17.0. The summed E-state index contributed by atoms with van der Waals surface area (Å²) in [4.78, 5) is 8.97. The van der Waals surface area contributed by atoms with Crippen molar-refractivity contribution < 1.29 is 0 Å². The fourth-order valence-corrected chi connectivity index (χ4v) is 3.42. The molecule has 3 N–H and O–H groups in total. The molecule has 0 aromatic heterocycles. The van der Waals surface area contributed by atoms with Gasteiger partial charge in [-0.15, -0.1) is 0 Å². The van der Waals surface area contributed by atoms with Crippen LogP contribution in [0.25, 0.3) is 5.70 Å². The Morgan fingerprint density at radius 1 is 1.32 bits per heavy atom. The summed E-state index contributed by atoms with van der Waals surface area (Å²) in [6.07, 6.45) is 1.68. The second kappa shape index (κ2) is 10.2. The molecule has 0 unspecified atom stereocenters. The van der Waals surface area contributed by atoms with Crippen molar-refractivity contribution in [3.8, 4) is 0 Å². The van der Waals surface area contributed by atoms with E-state index in [4.69, 9.17) is 17.4 Å². The highest BCUT2D eigenvalue weighted by atomic mass is 35.5. The van der Waals surface area contributed by atoms with E-state index in [9.17, 15) is 0 Å². The number of rotatable bonds is 8. The van der Waals surface area contributed by atoms with E-state index in [0.717, 1.165) is 43.1 Å². The van der Waals surface area contributed by atoms with Crippen LogP contribution in [0.5, 0.6) is 0 Å². The van der Waals surface area contributed by atoms with Crippen molar-refractivity contribution in [1.29, 1.82) is 0 Å². The van der Waals surface area contributed by atoms with Gasteiger partial charge in [0.1, 0.15) is 5.71 Å². The number of hydrogen-bond acceptors (Lipinski definition) is 7. The fourth-order valence-electron chi connectivity index (χ4n) is 3.07. The van der Waals surface area contributed by atoms with Crippen LogP contribution < -0.4 is 16.1 Å². The van der Waals surface area contributed by atoms with Crippen LogP contribution in [0.2, 0.25) is 5.02 Å². The standard InChI is InChI=1S/C20H31ClN6S/c1-15(24-20(2,3)19(25-22)14-23-5-10-28)16-11-17(21)13-18(12-16)27-8-6-26(4)7-9-27/h11-14,24,28H,1,5-10,22H2,2-4H3/b23-14?,25-19+. The Labute approximate surface area is 178 Å². The molecule has 2 rings (SSSR count). The van der Waals surface area contributed by atoms with Crippen LogP contribution >= 0.6 is 24.2 Å². The predicted molar refractivity (Wildman–Crippen MR) is 126 cm³/mol. The lowest BCUT2D eigenvalue weighted by Crippen LogP contribution is -2.47. The molecule has 1 aromatic rings.